The van der Waals surface area contributed by atoms with Gasteiger partial charge in [0.05, 0.1) is 28.1 Å². The molecule has 0 radical (unpaired) electrons. The first-order valence-electron chi connectivity index (χ1n) is 6.39. The molecule has 2 rings (SSSR count). The number of aryl methyl sites for hydroxylation is 2. The average molecular weight is 318 g/mol. The molecule has 0 bridgehead atoms. The number of hydrogen-bond acceptors (Lipinski definition) is 4. The Kier molecular flexibility index (Phi) is 4.42. The Balaban J connectivity index is 2.16. The Bertz CT molecular complexity index is 412. The number of halogens is 1. The van der Waals surface area contributed by atoms with Gasteiger partial charge in [0.1, 0.15) is 0 Å². The molecule has 0 spiro atoms. The molecular formula is C12H20BrN3O2. The third-order valence-electron chi connectivity index (χ3n) is 3.40. The zero-order chi connectivity index (χ0) is 13.3. The molecule has 5 nitrogen and oxygen atoms in total. The summed E-state index contributed by atoms with van der Waals surface area (Å²) in [6.07, 6.45) is -0.369. The van der Waals surface area contributed by atoms with E-state index in [1.165, 1.54) is 0 Å². The van der Waals surface area contributed by atoms with Crippen LogP contribution in [0.2, 0.25) is 0 Å². The van der Waals surface area contributed by atoms with Crippen LogP contribution < -0.4 is 0 Å². The molecule has 2 heterocycles. The van der Waals surface area contributed by atoms with E-state index in [0.717, 1.165) is 28.8 Å². The van der Waals surface area contributed by atoms with Gasteiger partial charge in [-0.15, -0.1) is 0 Å². The van der Waals surface area contributed by atoms with Crippen molar-refractivity contribution in [2.45, 2.75) is 45.6 Å². The van der Waals surface area contributed by atoms with E-state index in [0.29, 0.717) is 19.6 Å². The van der Waals surface area contributed by atoms with Crippen molar-refractivity contribution in [3.05, 3.63) is 15.9 Å². The lowest BCUT2D eigenvalue weighted by Gasteiger charge is -2.15. The topological polar surface area (TPSA) is 61.5 Å². The molecular weight excluding hydrogens is 298 g/mol. The molecule has 1 fully saturated rings. The smallest absolute Gasteiger partial charge is 0.0938 e. The average Bonchev–Trinajstić information content (AvgIpc) is 2.82. The molecule has 1 aliphatic rings. The second-order valence-corrected chi connectivity index (χ2v) is 5.50. The maximum Gasteiger partial charge on any atom is 0.0938 e. The van der Waals surface area contributed by atoms with E-state index in [1.807, 2.05) is 4.68 Å². The largest absolute Gasteiger partial charge is 0.389 e. The van der Waals surface area contributed by atoms with Crippen LogP contribution in [0.1, 0.15) is 25.2 Å². The fourth-order valence-electron chi connectivity index (χ4n) is 2.36. The predicted molar refractivity (Wildman–Crippen MR) is 72.3 cm³/mol. The maximum atomic E-state index is 9.57. The van der Waals surface area contributed by atoms with E-state index >= 15 is 0 Å². The van der Waals surface area contributed by atoms with Crippen LogP contribution in [0.5, 0.6) is 0 Å². The SMILES string of the molecule is CCc1nn(CC)c(CN2C[C@@H](O)[C@@H](O)C2)c1Br. The van der Waals surface area contributed by atoms with Crippen LogP contribution in [0.3, 0.4) is 0 Å². The number of likely N-dealkylation sites (tertiary alicyclic amines) is 1. The molecule has 2 N–H and O–H groups in total. The van der Waals surface area contributed by atoms with Gasteiger partial charge in [-0.25, -0.2) is 0 Å². The van der Waals surface area contributed by atoms with E-state index < -0.39 is 12.2 Å². The lowest BCUT2D eigenvalue weighted by molar-refractivity contribution is 0.0572. The Morgan fingerprint density at radius 2 is 1.89 bits per heavy atom. The van der Waals surface area contributed by atoms with Crippen LogP contribution in [-0.4, -0.2) is 50.2 Å². The van der Waals surface area contributed by atoms with E-state index in [1.54, 1.807) is 0 Å². The highest BCUT2D eigenvalue weighted by Gasteiger charge is 2.30. The van der Waals surface area contributed by atoms with E-state index in [4.69, 9.17) is 0 Å². The minimum atomic E-state index is -0.632. The fourth-order valence-corrected chi connectivity index (χ4v) is 3.05. The highest BCUT2D eigenvalue weighted by Crippen LogP contribution is 2.25. The van der Waals surface area contributed by atoms with Crippen molar-refractivity contribution in [2.24, 2.45) is 0 Å². The summed E-state index contributed by atoms with van der Waals surface area (Å²) < 4.78 is 3.04. The van der Waals surface area contributed by atoms with Crippen LogP contribution in [0.4, 0.5) is 0 Å². The molecule has 102 valence electrons. The van der Waals surface area contributed by atoms with Crippen molar-refractivity contribution in [2.75, 3.05) is 13.1 Å². The van der Waals surface area contributed by atoms with Gasteiger partial charge in [-0.05, 0) is 29.3 Å². The molecule has 6 heteroatoms. The zero-order valence-corrected chi connectivity index (χ0v) is 12.4. The molecule has 1 aromatic rings. The van der Waals surface area contributed by atoms with Crippen LogP contribution >= 0.6 is 15.9 Å². The van der Waals surface area contributed by atoms with Gasteiger partial charge < -0.3 is 10.2 Å². The molecule has 1 aromatic heterocycles. The summed E-state index contributed by atoms with van der Waals surface area (Å²) in [5.74, 6) is 0. The van der Waals surface area contributed by atoms with Crippen molar-refractivity contribution in [1.29, 1.82) is 0 Å². The molecule has 1 aliphatic heterocycles. The van der Waals surface area contributed by atoms with Crippen LogP contribution in [0.15, 0.2) is 4.47 Å². The van der Waals surface area contributed by atoms with Crippen molar-refractivity contribution >= 4 is 15.9 Å². The number of nitrogens with zero attached hydrogens (tertiary/aromatic N) is 3. The molecule has 1 saturated heterocycles. The van der Waals surface area contributed by atoms with Crippen LogP contribution in [0.25, 0.3) is 0 Å². The number of hydrogen-bond donors (Lipinski definition) is 2. The van der Waals surface area contributed by atoms with Gasteiger partial charge >= 0.3 is 0 Å². The quantitative estimate of drug-likeness (QED) is 0.861. The number of aromatic nitrogens is 2. The summed E-state index contributed by atoms with van der Waals surface area (Å²) in [7, 11) is 0. The van der Waals surface area contributed by atoms with Crippen molar-refractivity contribution in [1.82, 2.24) is 14.7 Å². The van der Waals surface area contributed by atoms with Gasteiger partial charge in [0.2, 0.25) is 0 Å². The zero-order valence-electron chi connectivity index (χ0n) is 10.8. The van der Waals surface area contributed by atoms with E-state index in [-0.39, 0.29) is 0 Å². The second kappa shape index (κ2) is 5.69. The van der Waals surface area contributed by atoms with Crippen LogP contribution in [-0.2, 0) is 19.5 Å². The molecule has 18 heavy (non-hydrogen) atoms. The lowest BCUT2D eigenvalue weighted by atomic mass is 10.3. The first-order chi connectivity index (χ1) is 8.56. The maximum absolute atomic E-state index is 9.57. The van der Waals surface area contributed by atoms with Gasteiger partial charge in [0, 0.05) is 26.2 Å². The Morgan fingerprint density at radius 3 is 2.39 bits per heavy atom. The van der Waals surface area contributed by atoms with E-state index in [9.17, 15) is 10.2 Å². The molecule has 0 saturated carbocycles. The molecule has 0 aromatic carbocycles. The molecule has 0 unspecified atom stereocenters. The third kappa shape index (κ3) is 2.61. The summed E-state index contributed by atoms with van der Waals surface area (Å²) in [5.41, 5.74) is 2.18. The molecule has 0 aliphatic carbocycles. The summed E-state index contributed by atoms with van der Waals surface area (Å²) in [6.45, 7) is 6.71. The van der Waals surface area contributed by atoms with Gasteiger partial charge in [0.15, 0.2) is 0 Å². The Morgan fingerprint density at radius 1 is 1.28 bits per heavy atom. The summed E-state index contributed by atoms with van der Waals surface area (Å²) in [5, 5.41) is 23.7. The number of rotatable bonds is 4. The summed E-state index contributed by atoms with van der Waals surface area (Å²) >= 11 is 3.61. The number of aliphatic hydroxyl groups is 2. The van der Waals surface area contributed by atoms with Crippen molar-refractivity contribution in [3.8, 4) is 0 Å². The second-order valence-electron chi connectivity index (χ2n) is 4.71. The minimum Gasteiger partial charge on any atom is -0.389 e. The number of aliphatic hydroxyl groups excluding tert-OH is 2. The fraction of sp³-hybridized carbons (Fsp3) is 0.750. The summed E-state index contributed by atoms with van der Waals surface area (Å²) in [6, 6.07) is 0. The lowest BCUT2D eigenvalue weighted by Crippen LogP contribution is -2.23. The standard InChI is InChI=1S/C12H20BrN3O2/c1-3-8-12(13)9(16(4-2)14-8)5-15-6-10(17)11(18)7-15/h10-11,17-18H,3-7H2,1-2H3/t10-,11+. The van der Waals surface area contributed by atoms with Crippen LogP contribution in [0, 0.1) is 0 Å². The molecule has 2 atom stereocenters. The normalized spacial score (nSPS) is 24.9. The first kappa shape index (κ1) is 14.0. The van der Waals surface area contributed by atoms with Gasteiger partial charge in [0.25, 0.3) is 0 Å². The summed E-state index contributed by atoms with van der Waals surface area (Å²) in [4.78, 5) is 2.06. The van der Waals surface area contributed by atoms with E-state index in [2.05, 4.69) is 39.8 Å². The number of β-amino-alcohol motifs (C(OH)–C–C–N with tert-alkyl or cyclic N) is 2. The predicted octanol–water partition coefficient (Wildman–Crippen LogP) is 0.765. The Hall–Kier alpha value is -0.430. The van der Waals surface area contributed by atoms with Gasteiger partial charge in [-0.1, -0.05) is 6.92 Å². The van der Waals surface area contributed by atoms with Crippen molar-refractivity contribution < 1.29 is 10.2 Å². The third-order valence-corrected chi connectivity index (χ3v) is 4.32. The van der Waals surface area contributed by atoms with Crippen molar-refractivity contribution in [3.63, 3.8) is 0 Å². The van der Waals surface area contributed by atoms with Gasteiger partial charge in [-0.2, -0.15) is 5.10 Å². The minimum absolute atomic E-state index is 0.518. The monoisotopic (exact) mass is 317 g/mol. The highest BCUT2D eigenvalue weighted by molar-refractivity contribution is 9.10. The molecule has 0 amide bonds. The Labute approximate surface area is 116 Å². The van der Waals surface area contributed by atoms with Gasteiger partial charge in [-0.3, -0.25) is 9.58 Å². The highest BCUT2D eigenvalue weighted by atomic mass is 79.9. The first-order valence-corrected chi connectivity index (χ1v) is 7.18.